The Hall–Kier alpha value is -4.60. The second kappa shape index (κ2) is 41.4. The lowest BCUT2D eigenvalue weighted by Gasteiger charge is -2.43. The quantitative estimate of drug-likeness (QED) is 0.0179. The summed E-state index contributed by atoms with van der Waals surface area (Å²) in [5.41, 5.74) is 9.84. The summed E-state index contributed by atoms with van der Waals surface area (Å²) >= 11 is 0. The summed E-state index contributed by atoms with van der Waals surface area (Å²) in [7, 11) is -2.74. The Labute approximate surface area is 460 Å². The number of nitrogens with zero attached hydrogens (tertiary/aromatic N) is 3. The van der Waals surface area contributed by atoms with Crippen LogP contribution in [0.1, 0.15) is 92.1 Å². The summed E-state index contributed by atoms with van der Waals surface area (Å²) in [5.74, 6) is -1.35. The molecule has 19 heteroatoms. The molecule has 77 heavy (non-hydrogen) atoms. The third-order valence-corrected chi connectivity index (χ3v) is 17.5. The first-order valence-corrected chi connectivity index (χ1v) is 29.5. The van der Waals surface area contributed by atoms with E-state index < -0.39 is 20.3 Å². The number of unbranched alkanes of at least 4 members (excludes halogenated alkanes) is 3. The van der Waals surface area contributed by atoms with Gasteiger partial charge >= 0.3 is 0 Å². The molecular weight excluding hydrogens is 1000 g/mol. The van der Waals surface area contributed by atoms with E-state index in [0.717, 1.165) is 31.2 Å². The molecule has 0 unspecified atom stereocenters. The van der Waals surface area contributed by atoms with Gasteiger partial charge in [0, 0.05) is 35.9 Å². The Balaban J connectivity index is 1.28. The largest absolute Gasteiger partial charge is 0.403 e. The van der Waals surface area contributed by atoms with Gasteiger partial charge in [0.1, 0.15) is 0 Å². The Bertz CT molecular complexity index is 2000. The SMILES string of the molecule is CCCCCC[C@H](CC(=O)[C@@H](NC(=O)CCOCCOCCOCCOCCOCCOCCOCCOCCOCCN=[N+]=[N-])C(C)C)C(=O)Nc1ccc(CO[Si](c2ccccc2)(c2ccccc2)C(C)(C)C)cc1. The summed E-state index contributed by atoms with van der Waals surface area (Å²) in [6.07, 6.45) is 4.62. The van der Waals surface area contributed by atoms with E-state index in [1.54, 1.807) is 0 Å². The van der Waals surface area contributed by atoms with Crippen molar-refractivity contribution in [3.8, 4) is 0 Å². The fraction of sp³-hybridized carbons (Fsp3) is 0.638. The Morgan fingerprint density at radius 3 is 1.45 bits per heavy atom. The monoisotopic (exact) mass is 1090 g/mol. The fourth-order valence-electron chi connectivity index (χ4n) is 8.44. The van der Waals surface area contributed by atoms with E-state index in [4.69, 9.17) is 52.6 Å². The maximum absolute atomic E-state index is 13.9. The molecule has 2 N–H and O–H groups in total. The molecule has 0 aliphatic carbocycles. The Kier molecular flexibility index (Phi) is 35.9. The van der Waals surface area contributed by atoms with Gasteiger partial charge in [-0.3, -0.25) is 14.4 Å². The van der Waals surface area contributed by atoms with E-state index in [9.17, 15) is 14.4 Å². The molecule has 0 heterocycles. The van der Waals surface area contributed by atoms with Crippen LogP contribution in [0.3, 0.4) is 0 Å². The maximum atomic E-state index is 13.9. The topological polar surface area (TPSA) is 216 Å². The van der Waals surface area contributed by atoms with E-state index in [1.165, 1.54) is 10.4 Å². The van der Waals surface area contributed by atoms with E-state index in [0.29, 0.717) is 138 Å². The average Bonchev–Trinajstić information content (AvgIpc) is 3.46. The number of carbonyl (C=O) groups excluding carboxylic acids is 3. The van der Waals surface area contributed by atoms with Gasteiger partial charge in [0.15, 0.2) is 5.78 Å². The van der Waals surface area contributed by atoms with Gasteiger partial charge in [-0.15, -0.1) is 0 Å². The van der Waals surface area contributed by atoms with Crippen LogP contribution in [0.15, 0.2) is 90.0 Å². The predicted molar refractivity (Wildman–Crippen MR) is 302 cm³/mol. The molecule has 0 aliphatic heterocycles. The van der Waals surface area contributed by atoms with Crippen molar-refractivity contribution in [1.82, 2.24) is 5.32 Å². The summed E-state index contributed by atoms with van der Waals surface area (Å²) in [5, 5.41) is 11.7. The summed E-state index contributed by atoms with van der Waals surface area (Å²) in [4.78, 5) is 43.5. The fourth-order valence-corrected chi connectivity index (χ4v) is 13.0. The molecule has 0 aliphatic rings. The molecule has 2 atom stereocenters. The molecule has 0 aromatic heterocycles. The van der Waals surface area contributed by atoms with Gasteiger partial charge in [0.25, 0.3) is 8.32 Å². The number of hydrogen-bond acceptors (Lipinski definition) is 14. The number of hydrogen-bond donors (Lipinski definition) is 2. The van der Waals surface area contributed by atoms with E-state index in [1.807, 2.05) is 50.2 Å². The van der Waals surface area contributed by atoms with Crippen molar-refractivity contribution in [2.75, 3.05) is 131 Å². The normalized spacial score (nSPS) is 12.6. The smallest absolute Gasteiger partial charge is 0.261 e. The minimum atomic E-state index is -2.74. The second-order valence-corrected chi connectivity index (χ2v) is 24.2. The molecule has 0 fully saturated rings. The van der Waals surface area contributed by atoms with Crippen LogP contribution in [0.25, 0.3) is 10.4 Å². The number of benzene rings is 3. The first-order valence-electron chi connectivity index (χ1n) is 27.6. The minimum absolute atomic E-state index is 0.0299. The van der Waals surface area contributed by atoms with Crippen LogP contribution < -0.4 is 21.0 Å². The number of azide groups is 1. The molecule has 0 bridgehead atoms. The number of Topliss-reactive ketones (excluding diaryl/α,β-unsaturated/α-hetero) is 1. The van der Waals surface area contributed by atoms with Gasteiger partial charge in [-0.1, -0.05) is 145 Å². The molecule has 3 aromatic rings. The van der Waals surface area contributed by atoms with Crippen LogP contribution in [0.2, 0.25) is 5.04 Å². The van der Waals surface area contributed by atoms with Gasteiger partial charge in [0.05, 0.1) is 132 Å². The van der Waals surface area contributed by atoms with Crippen LogP contribution in [-0.2, 0) is 68.0 Å². The predicted octanol–water partition coefficient (Wildman–Crippen LogP) is 8.24. The summed E-state index contributed by atoms with van der Waals surface area (Å²) in [6, 6.07) is 28.2. The molecule has 3 aromatic carbocycles. The first kappa shape index (κ1) is 66.7. The van der Waals surface area contributed by atoms with Gasteiger partial charge < -0.3 is 57.7 Å². The first-order chi connectivity index (χ1) is 37.4. The molecule has 0 saturated carbocycles. The number of nitrogens with one attached hydrogen (secondary N) is 2. The lowest BCUT2D eigenvalue weighted by Crippen LogP contribution is -2.66. The molecule has 18 nitrogen and oxygen atoms in total. The highest BCUT2D eigenvalue weighted by molar-refractivity contribution is 6.99. The van der Waals surface area contributed by atoms with Crippen molar-refractivity contribution in [2.45, 2.75) is 104 Å². The zero-order valence-electron chi connectivity index (χ0n) is 47.1. The van der Waals surface area contributed by atoms with Crippen LogP contribution in [0.4, 0.5) is 5.69 Å². The van der Waals surface area contributed by atoms with Crippen molar-refractivity contribution in [2.24, 2.45) is 17.0 Å². The summed E-state index contributed by atoms with van der Waals surface area (Å²) in [6.45, 7) is 20.9. The van der Waals surface area contributed by atoms with Gasteiger partial charge in [-0.05, 0) is 51.0 Å². The molecule has 0 spiro atoms. The van der Waals surface area contributed by atoms with E-state index in [-0.39, 0.29) is 48.0 Å². The number of rotatable bonds is 47. The number of carbonyl (C=O) groups is 3. The standard InChI is InChI=1S/C58H91N5O13Si/c1-7-8-9-12-17-50(57(66)61-51-24-22-49(23-25-51)47-76-77(58(4,5)6,52-18-13-10-14-19-52)53-20-15-11-16-21-53)46-54(64)56(48(2)3)62-55(65)26-28-67-30-32-69-34-36-71-38-40-73-42-44-75-45-43-74-41-39-72-37-35-70-33-31-68-29-27-60-63-59/h10-11,13-16,18-25,48,50,56H,7-9,12,17,26-47H2,1-6H3,(H,61,66)(H,62,65)/t50-,56+/m1/s1. The van der Waals surface area contributed by atoms with Gasteiger partial charge in [0.2, 0.25) is 11.8 Å². The zero-order valence-corrected chi connectivity index (χ0v) is 48.1. The van der Waals surface area contributed by atoms with Crippen molar-refractivity contribution < 1.29 is 61.4 Å². The lowest BCUT2D eigenvalue weighted by molar-refractivity contribution is -0.131. The lowest BCUT2D eigenvalue weighted by atomic mass is 9.88. The summed E-state index contributed by atoms with van der Waals surface area (Å²) < 4.78 is 56.5. The third kappa shape index (κ3) is 28.2. The average molecular weight is 1090 g/mol. The second-order valence-electron chi connectivity index (χ2n) is 19.9. The number of ketones is 1. The Morgan fingerprint density at radius 1 is 0.597 bits per heavy atom. The zero-order chi connectivity index (χ0) is 55.7. The van der Waals surface area contributed by atoms with Crippen LogP contribution in [-0.4, -0.2) is 157 Å². The molecule has 430 valence electrons. The highest BCUT2D eigenvalue weighted by atomic mass is 28.4. The number of amides is 2. The van der Waals surface area contributed by atoms with E-state index >= 15 is 0 Å². The minimum Gasteiger partial charge on any atom is -0.403 e. The highest BCUT2D eigenvalue weighted by Gasteiger charge is 2.50. The van der Waals surface area contributed by atoms with Crippen molar-refractivity contribution in [1.29, 1.82) is 0 Å². The number of ether oxygens (including phenoxy) is 9. The number of anilines is 1. The van der Waals surface area contributed by atoms with Crippen LogP contribution in [0.5, 0.6) is 0 Å². The van der Waals surface area contributed by atoms with E-state index in [2.05, 4.69) is 96.9 Å². The van der Waals surface area contributed by atoms with Crippen LogP contribution >= 0.6 is 0 Å². The Morgan fingerprint density at radius 2 is 1.04 bits per heavy atom. The van der Waals surface area contributed by atoms with Crippen molar-refractivity contribution >= 4 is 42.0 Å². The molecule has 3 rings (SSSR count). The van der Waals surface area contributed by atoms with Crippen molar-refractivity contribution in [3.05, 3.63) is 101 Å². The maximum Gasteiger partial charge on any atom is 0.261 e. The molecule has 0 saturated heterocycles. The molecule has 0 radical (unpaired) electrons. The van der Waals surface area contributed by atoms with Crippen LogP contribution in [0, 0.1) is 11.8 Å². The molecule has 2 amide bonds. The van der Waals surface area contributed by atoms with Gasteiger partial charge in [-0.25, -0.2) is 0 Å². The third-order valence-electron chi connectivity index (χ3n) is 12.5. The van der Waals surface area contributed by atoms with Gasteiger partial charge in [-0.2, -0.15) is 0 Å². The molecular formula is C58H91N5O13Si. The van der Waals surface area contributed by atoms with Crippen molar-refractivity contribution in [3.63, 3.8) is 0 Å². The highest BCUT2D eigenvalue weighted by Crippen LogP contribution is 2.37.